The third-order valence-corrected chi connectivity index (χ3v) is 4.97. The number of rotatable bonds is 9. The Hall–Kier alpha value is -2.91. The Morgan fingerprint density at radius 3 is 2.67 bits per heavy atom. The van der Waals surface area contributed by atoms with Gasteiger partial charge in [-0.1, -0.05) is 23.7 Å². The molecule has 3 aromatic rings. The predicted molar refractivity (Wildman–Crippen MR) is 117 cm³/mol. The Balaban J connectivity index is 1.74. The van der Waals surface area contributed by atoms with Gasteiger partial charge in [0.15, 0.2) is 11.8 Å². The number of hydrogen-bond donors (Lipinski definition) is 2. The number of nitrogens with one attached hydrogen (secondary N) is 2. The van der Waals surface area contributed by atoms with E-state index >= 15 is 0 Å². The van der Waals surface area contributed by atoms with Crippen LogP contribution in [0.2, 0.25) is 5.02 Å². The van der Waals surface area contributed by atoms with E-state index in [0.29, 0.717) is 37.2 Å². The van der Waals surface area contributed by atoms with E-state index in [1.807, 2.05) is 59.7 Å². The van der Waals surface area contributed by atoms with Gasteiger partial charge in [-0.05, 0) is 30.7 Å². The minimum atomic E-state index is -0.0243. The molecule has 2 heterocycles. The molecule has 0 aliphatic rings. The Morgan fingerprint density at radius 2 is 2.03 bits per heavy atom. The van der Waals surface area contributed by atoms with Crippen molar-refractivity contribution < 1.29 is 4.74 Å². The molecule has 10 heteroatoms. The van der Waals surface area contributed by atoms with Gasteiger partial charge >= 0.3 is 0 Å². The largest absolute Gasteiger partial charge is 0.383 e. The summed E-state index contributed by atoms with van der Waals surface area (Å²) >= 11 is 6.06. The van der Waals surface area contributed by atoms with E-state index in [9.17, 15) is 0 Å². The first-order valence-electron chi connectivity index (χ1n) is 9.69. The Labute approximate surface area is 181 Å². The predicted octanol–water partition coefficient (Wildman–Crippen LogP) is 1.94. The van der Waals surface area contributed by atoms with Crippen molar-refractivity contribution in [2.24, 2.45) is 12.0 Å². The molecule has 0 aliphatic carbocycles. The van der Waals surface area contributed by atoms with Crippen LogP contribution >= 0.6 is 11.6 Å². The lowest BCUT2D eigenvalue weighted by Crippen LogP contribution is -2.42. The topological polar surface area (TPSA) is 94.2 Å². The molecule has 1 atom stereocenters. The summed E-state index contributed by atoms with van der Waals surface area (Å²) in [5.74, 6) is 2.31. The molecule has 1 unspecified atom stereocenters. The summed E-state index contributed by atoms with van der Waals surface area (Å²) in [7, 11) is 3.60. The molecule has 2 N–H and O–H groups in total. The summed E-state index contributed by atoms with van der Waals surface area (Å²) in [4.78, 5) is 4.67. The number of nitrogens with zero attached hydrogens (tertiary/aromatic N) is 6. The zero-order valence-electron chi connectivity index (χ0n) is 17.4. The van der Waals surface area contributed by atoms with Crippen molar-refractivity contribution >= 4 is 17.6 Å². The quantitative estimate of drug-likeness (QED) is 0.306. The summed E-state index contributed by atoms with van der Waals surface area (Å²) in [5.41, 5.74) is 1.09. The van der Waals surface area contributed by atoms with Crippen LogP contribution < -0.4 is 10.6 Å². The highest BCUT2D eigenvalue weighted by Gasteiger charge is 2.15. The molecule has 0 saturated carbocycles. The molecular weight excluding hydrogens is 404 g/mol. The fourth-order valence-electron chi connectivity index (χ4n) is 2.89. The third-order valence-electron chi connectivity index (χ3n) is 4.72. The summed E-state index contributed by atoms with van der Waals surface area (Å²) in [6.07, 6.45) is 3.71. The van der Waals surface area contributed by atoms with Crippen molar-refractivity contribution in [3.63, 3.8) is 0 Å². The van der Waals surface area contributed by atoms with E-state index in [-0.39, 0.29) is 6.04 Å². The molecule has 0 fully saturated rings. The van der Waals surface area contributed by atoms with Crippen molar-refractivity contribution in [2.75, 3.05) is 26.8 Å². The number of guanidine groups is 1. The van der Waals surface area contributed by atoms with Gasteiger partial charge in [-0.25, -0.2) is 4.99 Å². The number of ether oxygens (including phenoxy) is 1. The summed E-state index contributed by atoms with van der Waals surface area (Å²) < 4.78 is 8.98. The van der Waals surface area contributed by atoms with E-state index in [0.717, 1.165) is 17.2 Å². The van der Waals surface area contributed by atoms with E-state index in [1.165, 1.54) is 0 Å². The second kappa shape index (κ2) is 10.7. The van der Waals surface area contributed by atoms with Crippen molar-refractivity contribution in [1.82, 2.24) is 35.2 Å². The van der Waals surface area contributed by atoms with Gasteiger partial charge in [0.2, 0.25) is 0 Å². The Bertz CT molecular complexity index is 936. The lowest BCUT2D eigenvalue weighted by Gasteiger charge is -2.21. The Kier molecular flexibility index (Phi) is 7.81. The molecule has 0 bridgehead atoms. The van der Waals surface area contributed by atoms with Crippen molar-refractivity contribution in [3.8, 4) is 0 Å². The van der Waals surface area contributed by atoms with Gasteiger partial charge in [-0.15, -0.1) is 10.2 Å². The molecule has 0 aliphatic heterocycles. The maximum atomic E-state index is 6.06. The van der Waals surface area contributed by atoms with Gasteiger partial charge in [0.1, 0.15) is 12.4 Å². The number of aromatic nitrogens is 5. The second-order valence-corrected chi connectivity index (χ2v) is 7.18. The van der Waals surface area contributed by atoms with Gasteiger partial charge in [-0.2, -0.15) is 5.10 Å². The van der Waals surface area contributed by atoms with Gasteiger partial charge in [0, 0.05) is 44.7 Å². The van der Waals surface area contributed by atoms with Crippen molar-refractivity contribution in [3.05, 3.63) is 65.0 Å². The van der Waals surface area contributed by atoms with Crippen LogP contribution in [0, 0.1) is 6.92 Å². The molecule has 0 saturated heterocycles. The monoisotopic (exact) mass is 430 g/mol. The van der Waals surface area contributed by atoms with Crippen LogP contribution in [0.25, 0.3) is 0 Å². The molecule has 160 valence electrons. The maximum absolute atomic E-state index is 6.06. The molecule has 9 nitrogen and oxygen atoms in total. The molecule has 1 aromatic carbocycles. The second-order valence-electron chi connectivity index (χ2n) is 6.74. The first-order chi connectivity index (χ1) is 14.6. The number of benzene rings is 1. The molecule has 30 heavy (non-hydrogen) atoms. The maximum Gasteiger partial charge on any atom is 0.191 e. The molecule has 0 radical (unpaired) electrons. The fraction of sp³-hybridized carbons (Fsp3) is 0.400. The highest BCUT2D eigenvalue weighted by Crippen LogP contribution is 2.19. The minimum Gasteiger partial charge on any atom is -0.383 e. The van der Waals surface area contributed by atoms with Crippen LogP contribution in [0.5, 0.6) is 0 Å². The lowest BCUT2D eigenvalue weighted by molar-refractivity contribution is 0.203. The number of hydrogen-bond acceptors (Lipinski definition) is 5. The average Bonchev–Trinajstić information content (AvgIpc) is 3.38. The molecule has 2 aromatic heterocycles. The van der Waals surface area contributed by atoms with Gasteiger partial charge < -0.3 is 19.9 Å². The van der Waals surface area contributed by atoms with Crippen molar-refractivity contribution in [1.29, 1.82) is 0 Å². The normalized spacial score (nSPS) is 12.7. The van der Waals surface area contributed by atoms with Crippen LogP contribution in [-0.2, 0) is 18.3 Å². The Morgan fingerprint density at radius 1 is 1.23 bits per heavy atom. The fourth-order valence-corrected chi connectivity index (χ4v) is 3.02. The summed E-state index contributed by atoms with van der Waals surface area (Å²) in [6.45, 7) is 4.11. The molecule has 0 amide bonds. The smallest absolute Gasteiger partial charge is 0.191 e. The molecule has 3 rings (SSSR count). The van der Waals surface area contributed by atoms with Crippen LogP contribution in [0.1, 0.15) is 23.3 Å². The van der Waals surface area contributed by atoms with E-state index in [4.69, 9.17) is 16.3 Å². The molecular formula is C20H27ClN8O. The standard InChI is InChI=1S/C20H27ClN8O/c1-15-26-27-19(28(15)2)14-24-20(22-10-12-30-3)23-13-18(29-11-4-9-25-29)16-5-7-17(21)8-6-16/h4-9,11,18H,10,12-14H2,1-3H3,(H2,22,23,24). The number of methoxy groups -OCH3 is 1. The minimum absolute atomic E-state index is 0.0243. The SMILES string of the molecule is COCCNC(=NCc1nnc(C)n1C)NCC(c1ccc(Cl)cc1)n1cccn1. The average molecular weight is 431 g/mol. The summed E-state index contributed by atoms with van der Waals surface area (Å²) in [5, 5.41) is 20.1. The number of aryl methyl sites for hydroxylation is 1. The highest BCUT2D eigenvalue weighted by atomic mass is 35.5. The van der Waals surface area contributed by atoms with Crippen molar-refractivity contribution in [2.45, 2.75) is 19.5 Å². The van der Waals surface area contributed by atoms with Crippen LogP contribution in [0.3, 0.4) is 0 Å². The van der Waals surface area contributed by atoms with Crippen LogP contribution in [0.4, 0.5) is 0 Å². The van der Waals surface area contributed by atoms with Gasteiger partial charge in [0.25, 0.3) is 0 Å². The summed E-state index contributed by atoms with van der Waals surface area (Å²) in [6, 6.07) is 9.67. The zero-order chi connectivity index (χ0) is 21.3. The third kappa shape index (κ3) is 5.80. The first kappa shape index (κ1) is 21.8. The van der Waals surface area contributed by atoms with Crippen LogP contribution in [0.15, 0.2) is 47.7 Å². The van der Waals surface area contributed by atoms with Crippen LogP contribution in [-0.4, -0.2) is 57.3 Å². The number of halogens is 1. The van der Waals surface area contributed by atoms with Gasteiger partial charge in [-0.3, -0.25) is 4.68 Å². The van der Waals surface area contributed by atoms with E-state index in [2.05, 4.69) is 30.9 Å². The zero-order valence-corrected chi connectivity index (χ0v) is 18.2. The highest BCUT2D eigenvalue weighted by molar-refractivity contribution is 6.30. The lowest BCUT2D eigenvalue weighted by atomic mass is 10.1. The molecule has 0 spiro atoms. The van der Waals surface area contributed by atoms with Gasteiger partial charge in [0.05, 0.1) is 12.6 Å². The van der Waals surface area contributed by atoms with E-state index in [1.54, 1.807) is 13.3 Å². The number of aliphatic imine (C=N–C) groups is 1. The van der Waals surface area contributed by atoms with E-state index < -0.39 is 0 Å². The first-order valence-corrected chi connectivity index (χ1v) is 10.1.